The summed E-state index contributed by atoms with van der Waals surface area (Å²) >= 11 is 0. The highest BCUT2D eigenvalue weighted by molar-refractivity contribution is 6.02. The number of amides is 3. The van der Waals surface area contributed by atoms with Crippen molar-refractivity contribution in [3.8, 4) is 23.0 Å². The number of β-amino-alcohol motifs (C(OH)–C–C–N with tert-alkyl or cyclic N) is 1. The van der Waals surface area contributed by atoms with Gasteiger partial charge in [0.25, 0.3) is 0 Å². The van der Waals surface area contributed by atoms with Crippen molar-refractivity contribution < 1.29 is 42.9 Å². The number of hydrogen-bond acceptors (Lipinski definition) is 14. The summed E-state index contributed by atoms with van der Waals surface area (Å²) in [4.78, 5) is 74.3. The van der Waals surface area contributed by atoms with Crippen LogP contribution in [0.5, 0.6) is 11.8 Å². The van der Waals surface area contributed by atoms with E-state index in [9.17, 15) is 29.4 Å². The molecule has 3 amide bonds. The van der Waals surface area contributed by atoms with Crippen LogP contribution in [-0.2, 0) is 27.8 Å². The van der Waals surface area contributed by atoms with Gasteiger partial charge < -0.3 is 34.4 Å². The molecule has 0 aliphatic carbocycles. The van der Waals surface area contributed by atoms with E-state index in [1.165, 1.54) is 34.5 Å². The van der Waals surface area contributed by atoms with Crippen molar-refractivity contribution in [1.29, 1.82) is 0 Å². The highest BCUT2D eigenvalue weighted by Crippen LogP contribution is 2.44. The second-order valence-electron chi connectivity index (χ2n) is 23.5. The minimum absolute atomic E-state index is 0.00736. The number of nitrogens with zero attached hydrogens (tertiary/aromatic N) is 9. The fraction of sp³-hybridized carbons (Fsp3) is 0.542. The molecule has 0 bridgehead atoms. The number of anilines is 1. The van der Waals surface area contributed by atoms with E-state index in [1.54, 1.807) is 24.6 Å². The van der Waals surface area contributed by atoms with Gasteiger partial charge in [0.2, 0.25) is 11.8 Å². The maximum Gasteiger partial charge on any atom is 0.409 e. The normalized spacial score (nSPS) is 24.7. The van der Waals surface area contributed by atoms with Gasteiger partial charge in [-0.2, -0.15) is 9.97 Å². The summed E-state index contributed by atoms with van der Waals surface area (Å²) in [5.41, 5.74) is 1.55. The van der Waals surface area contributed by atoms with Gasteiger partial charge in [-0.3, -0.25) is 33.9 Å². The number of pyridine rings is 1. The molecule has 6 saturated heterocycles. The second kappa shape index (κ2) is 21.0. The highest BCUT2D eigenvalue weighted by Gasteiger charge is 2.50. The molecule has 6 fully saturated rings. The number of piperidine rings is 4. The van der Waals surface area contributed by atoms with Gasteiger partial charge in [0.05, 0.1) is 27.6 Å². The molecule has 418 valence electrons. The summed E-state index contributed by atoms with van der Waals surface area (Å²) < 4.78 is 48.3. The number of aromatic hydroxyl groups is 1. The first-order chi connectivity index (χ1) is 38.1. The molecule has 20 heteroatoms. The lowest BCUT2D eigenvalue weighted by Gasteiger charge is -2.38. The van der Waals surface area contributed by atoms with Crippen LogP contribution in [0.1, 0.15) is 114 Å². The summed E-state index contributed by atoms with van der Waals surface area (Å²) in [6, 6.07) is 11.2. The lowest BCUT2D eigenvalue weighted by molar-refractivity contribution is -0.135. The van der Waals surface area contributed by atoms with Crippen LogP contribution < -0.4 is 20.6 Å². The van der Waals surface area contributed by atoms with Gasteiger partial charge in [-0.1, -0.05) is 19.1 Å². The first kappa shape index (κ1) is 52.9. The van der Waals surface area contributed by atoms with Gasteiger partial charge in [0, 0.05) is 64.0 Å². The molecule has 6 aliphatic heterocycles. The number of hydrogen-bond donors (Lipinski definition) is 3. The summed E-state index contributed by atoms with van der Waals surface area (Å²) in [6.07, 6.45) is 10.6. The van der Waals surface area contributed by atoms with Crippen molar-refractivity contribution in [3.05, 3.63) is 81.9 Å². The Morgan fingerprint density at radius 3 is 2.47 bits per heavy atom. The predicted octanol–water partition coefficient (Wildman–Crippen LogP) is 7.48. The van der Waals surface area contributed by atoms with Crippen molar-refractivity contribution >= 4 is 56.4 Å². The summed E-state index contributed by atoms with van der Waals surface area (Å²) in [7, 11) is 1.73. The fourth-order valence-corrected chi connectivity index (χ4v) is 14.2. The van der Waals surface area contributed by atoms with Crippen LogP contribution in [0.3, 0.4) is 0 Å². The number of benzene rings is 3. The molecule has 12 rings (SSSR count). The molecule has 0 radical (unpaired) electrons. The van der Waals surface area contributed by atoms with Crippen LogP contribution in [0.25, 0.3) is 44.0 Å². The van der Waals surface area contributed by atoms with E-state index in [-0.39, 0.29) is 84.0 Å². The number of halogens is 2. The molecule has 1 unspecified atom stereocenters. The first-order valence-corrected chi connectivity index (χ1v) is 28.4. The third kappa shape index (κ3) is 9.95. The van der Waals surface area contributed by atoms with Gasteiger partial charge >= 0.3 is 17.8 Å². The Hall–Kier alpha value is -6.77. The van der Waals surface area contributed by atoms with Gasteiger partial charge in [0.15, 0.2) is 5.82 Å². The average Bonchev–Trinajstić information content (AvgIpc) is 4.32. The number of aromatic nitrogens is 5. The smallest absolute Gasteiger partial charge is 0.409 e. The molecule has 0 spiro atoms. The standard InChI is InChI=1S/C59H70F2N10O8/c1-4-41-44(60)9-7-38-27-40(72)29-42(49(38)41)51-50(61)52-43(30-62-51)53(69-21-5-18-58(2,77)33-69)65-55(64-52)79-34-59-19-6-22-70(59)39(13-20-59)32-78-57(76)68-25-14-35(15-26-68)31-67-23-16-36(17-24-67)37-8-10-45-47(28-37)66(3)56(75)71(45)46-11-12-48(73)63-54(46)74/h7-10,27-30,35-36,39,46,72,77H,4-6,11-26,31-34H2,1-3H3,(H,63,73,74)/t39-,46?,58-,59-/m1/s1. The number of ether oxygens (including phenoxy) is 2. The van der Waals surface area contributed by atoms with Crippen molar-refractivity contribution in [2.24, 2.45) is 13.0 Å². The number of phenolic OH excluding ortho intramolecular Hbond substituents is 1. The minimum atomic E-state index is -1.00. The number of imide groups is 1. The number of phenols is 1. The quantitative estimate of drug-likeness (QED) is 0.102. The Morgan fingerprint density at radius 1 is 0.899 bits per heavy atom. The minimum Gasteiger partial charge on any atom is -0.508 e. The molecule has 6 aromatic rings. The summed E-state index contributed by atoms with van der Waals surface area (Å²) in [5, 5.41) is 25.7. The number of imidazole rings is 1. The monoisotopic (exact) mass is 1080 g/mol. The Labute approximate surface area is 456 Å². The van der Waals surface area contributed by atoms with Gasteiger partial charge in [-0.25, -0.2) is 18.4 Å². The van der Waals surface area contributed by atoms with Crippen molar-refractivity contribution in [3.63, 3.8) is 0 Å². The third-order valence-electron chi connectivity index (χ3n) is 18.4. The molecule has 0 saturated carbocycles. The number of aliphatic hydroxyl groups is 1. The maximum absolute atomic E-state index is 17.3. The van der Waals surface area contributed by atoms with E-state index in [4.69, 9.17) is 19.4 Å². The van der Waals surface area contributed by atoms with E-state index in [1.807, 2.05) is 22.8 Å². The predicted molar refractivity (Wildman–Crippen MR) is 293 cm³/mol. The molecular weight excluding hydrogens is 1010 g/mol. The number of rotatable bonds is 12. The Bertz CT molecular complexity index is 3440. The molecule has 4 atom stereocenters. The van der Waals surface area contributed by atoms with Crippen LogP contribution in [0.4, 0.5) is 19.4 Å². The van der Waals surface area contributed by atoms with E-state index in [0.717, 1.165) is 83.1 Å². The van der Waals surface area contributed by atoms with E-state index in [0.29, 0.717) is 90.2 Å². The highest BCUT2D eigenvalue weighted by atomic mass is 19.1. The number of nitrogens with one attached hydrogen (secondary N) is 1. The fourth-order valence-electron chi connectivity index (χ4n) is 14.2. The van der Waals surface area contributed by atoms with Crippen LogP contribution in [0.15, 0.2) is 53.5 Å². The van der Waals surface area contributed by atoms with Crippen molar-refractivity contribution in [1.82, 2.24) is 44.1 Å². The van der Waals surface area contributed by atoms with Crippen molar-refractivity contribution in [2.45, 2.75) is 126 Å². The largest absolute Gasteiger partial charge is 0.508 e. The lowest BCUT2D eigenvalue weighted by Crippen LogP contribution is -2.49. The summed E-state index contributed by atoms with van der Waals surface area (Å²) in [5.74, 6) is -0.828. The zero-order valence-electron chi connectivity index (χ0n) is 45.3. The number of carbonyl (C=O) groups is 3. The van der Waals surface area contributed by atoms with Crippen LogP contribution >= 0.6 is 0 Å². The Morgan fingerprint density at radius 2 is 1.70 bits per heavy atom. The van der Waals surface area contributed by atoms with Gasteiger partial charge in [-0.15, -0.1) is 0 Å². The van der Waals surface area contributed by atoms with E-state index < -0.39 is 29.2 Å². The number of likely N-dealkylation sites (tertiary alicyclic amines) is 2. The third-order valence-corrected chi connectivity index (χ3v) is 18.4. The molecule has 18 nitrogen and oxygen atoms in total. The van der Waals surface area contributed by atoms with Gasteiger partial charge in [0.1, 0.15) is 47.9 Å². The second-order valence-corrected chi connectivity index (χ2v) is 23.5. The van der Waals surface area contributed by atoms with Crippen molar-refractivity contribution in [2.75, 3.05) is 70.5 Å². The average molecular weight is 1090 g/mol. The molecule has 3 aromatic heterocycles. The maximum atomic E-state index is 17.3. The Balaban J connectivity index is 0.664. The van der Waals surface area contributed by atoms with Crippen LogP contribution in [0.2, 0.25) is 0 Å². The number of carbonyl (C=O) groups excluding carboxylic acids is 3. The van der Waals surface area contributed by atoms with Gasteiger partial charge in [-0.05, 0) is 168 Å². The molecule has 9 heterocycles. The van der Waals surface area contributed by atoms with Crippen LogP contribution in [0, 0.1) is 17.6 Å². The summed E-state index contributed by atoms with van der Waals surface area (Å²) in [6.45, 7) is 9.95. The molecule has 3 aromatic carbocycles. The molecular formula is C59H70F2N10O8. The topological polar surface area (TPSA) is 201 Å². The first-order valence-electron chi connectivity index (χ1n) is 28.4. The SMILES string of the molecule is CCc1c(F)ccc2cc(O)cc(-c3ncc4c(N5CCC[C@@](C)(O)C5)nc(OC[C@]56CCCN5[C@@H](COC(=O)N5CCC(CN7CCC(c8ccc9c(c8)n(C)c(=O)n9C8CCC(=O)NC8=O)CC7)CC5)CC6)nc4c3F)c12. The van der Waals surface area contributed by atoms with Crippen LogP contribution in [-0.4, -0.2) is 150 Å². The Kier molecular flexibility index (Phi) is 14.1. The molecule has 6 aliphatic rings. The zero-order chi connectivity index (χ0) is 54.9. The van der Waals surface area contributed by atoms with E-state index >= 15 is 8.78 Å². The molecule has 79 heavy (non-hydrogen) atoms. The number of aryl methyl sites for hydroxylation is 2. The van der Waals surface area contributed by atoms with E-state index in [2.05, 4.69) is 32.2 Å². The lowest BCUT2D eigenvalue weighted by atomic mass is 9.88. The molecule has 3 N–H and O–H groups in total. The zero-order valence-corrected chi connectivity index (χ0v) is 45.3. The number of fused-ring (bicyclic) bond motifs is 4.